The second kappa shape index (κ2) is 5.29. The number of pyridine rings is 1. The van der Waals surface area contributed by atoms with Crippen LogP contribution in [0.4, 0.5) is 0 Å². The Balaban J connectivity index is 3.01. The molecule has 17 heavy (non-hydrogen) atoms. The first-order valence-electron chi connectivity index (χ1n) is 5.14. The van der Waals surface area contributed by atoms with E-state index in [9.17, 15) is 14.4 Å². The van der Waals surface area contributed by atoms with Crippen molar-refractivity contribution in [3.8, 4) is 0 Å². The number of nitrogens with zero attached hydrogens (tertiary/aromatic N) is 1. The van der Waals surface area contributed by atoms with E-state index in [4.69, 9.17) is 5.11 Å². The summed E-state index contributed by atoms with van der Waals surface area (Å²) in [5, 5.41) is 11.5. The quantitative estimate of drug-likeness (QED) is 0.777. The summed E-state index contributed by atoms with van der Waals surface area (Å²) in [7, 11) is 0. The lowest BCUT2D eigenvalue weighted by atomic mass is 10.3. The topological polar surface area (TPSA) is 88.4 Å². The molecule has 0 saturated heterocycles. The van der Waals surface area contributed by atoms with E-state index < -0.39 is 17.4 Å². The zero-order chi connectivity index (χ0) is 13.0. The summed E-state index contributed by atoms with van der Waals surface area (Å²) in [6.07, 6.45) is 0. The molecule has 0 unspecified atom stereocenters. The maximum absolute atomic E-state index is 11.5. The van der Waals surface area contributed by atoms with Crippen LogP contribution in [0.5, 0.6) is 0 Å². The monoisotopic (exact) mass is 238 g/mol. The van der Waals surface area contributed by atoms with Crippen molar-refractivity contribution >= 4 is 11.9 Å². The summed E-state index contributed by atoms with van der Waals surface area (Å²) < 4.78 is 0.931. The Hall–Kier alpha value is -2.11. The third-order valence-corrected chi connectivity index (χ3v) is 2.02. The van der Waals surface area contributed by atoms with Gasteiger partial charge in [0.2, 0.25) is 5.91 Å². The average molecular weight is 238 g/mol. The van der Waals surface area contributed by atoms with Crippen molar-refractivity contribution in [3.63, 3.8) is 0 Å². The predicted octanol–water partition coefficient (Wildman–Crippen LogP) is 0.0711. The molecule has 0 radical (unpaired) electrons. The van der Waals surface area contributed by atoms with E-state index >= 15 is 0 Å². The van der Waals surface area contributed by atoms with Crippen LogP contribution >= 0.6 is 0 Å². The fourth-order valence-corrected chi connectivity index (χ4v) is 1.38. The van der Waals surface area contributed by atoms with Gasteiger partial charge in [-0.25, -0.2) is 4.79 Å². The second-order valence-electron chi connectivity index (χ2n) is 3.86. The number of hydrogen-bond donors (Lipinski definition) is 2. The molecular formula is C11H14N2O4. The third kappa shape index (κ3) is 3.44. The molecule has 6 nitrogen and oxygen atoms in total. The fraction of sp³-hybridized carbons (Fsp3) is 0.364. The van der Waals surface area contributed by atoms with Crippen molar-refractivity contribution in [2.24, 2.45) is 0 Å². The molecule has 1 aromatic heterocycles. The van der Waals surface area contributed by atoms with E-state index in [1.54, 1.807) is 13.8 Å². The Bertz CT molecular complexity index is 490. The first-order valence-corrected chi connectivity index (χ1v) is 5.14. The SMILES string of the molecule is CC(C)NC(=O)Cn1c(C(=O)O)cccc1=O. The molecule has 1 heterocycles. The molecule has 1 rings (SSSR count). The van der Waals surface area contributed by atoms with E-state index in [0.29, 0.717) is 0 Å². The molecule has 0 saturated carbocycles. The number of rotatable bonds is 4. The summed E-state index contributed by atoms with van der Waals surface area (Å²) in [6, 6.07) is 3.79. The van der Waals surface area contributed by atoms with Gasteiger partial charge in [0, 0.05) is 12.1 Å². The average Bonchev–Trinajstić information content (AvgIpc) is 2.19. The number of hydrogen-bond acceptors (Lipinski definition) is 3. The van der Waals surface area contributed by atoms with Crippen LogP contribution in [-0.4, -0.2) is 27.6 Å². The Morgan fingerprint density at radius 3 is 2.59 bits per heavy atom. The number of aromatic nitrogens is 1. The van der Waals surface area contributed by atoms with Crippen LogP contribution in [0.1, 0.15) is 24.3 Å². The van der Waals surface area contributed by atoms with Gasteiger partial charge in [0.05, 0.1) is 0 Å². The van der Waals surface area contributed by atoms with E-state index in [1.165, 1.54) is 18.2 Å². The largest absolute Gasteiger partial charge is 0.477 e. The van der Waals surface area contributed by atoms with Gasteiger partial charge in [-0.15, -0.1) is 0 Å². The Labute approximate surface area is 97.9 Å². The minimum atomic E-state index is -1.24. The highest BCUT2D eigenvalue weighted by Gasteiger charge is 2.13. The number of carboxylic acid groups (broad SMARTS) is 1. The lowest BCUT2D eigenvalue weighted by Crippen LogP contribution is -2.37. The van der Waals surface area contributed by atoms with Gasteiger partial charge in [0.15, 0.2) is 0 Å². The van der Waals surface area contributed by atoms with E-state index in [-0.39, 0.29) is 18.3 Å². The van der Waals surface area contributed by atoms with Crippen molar-refractivity contribution in [1.82, 2.24) is 9.88 Å². The molecule has 0 spiro atoms. The Kier molecular flexibility index (Phi) is 4.03. The lowest BCUT2D eigenvalue weighted by Gasteiger charge is -2.11. The lowest BCUT2D eigenvalue weighted by molar-refractivity contribution is -0.122. The van der Waals surface area contributed by atoms with Crippen LogP contribution in [-0.2, 0) is 11.3 Å². The molecule has 1 aromatic rings. The van der Waals surface area contributed by atoms with Gasteiger partial charge in [0.25, 0.3) is 5.56 Å². The van der Waals surface area contributed by atoms with Crippen LogP contribution < -0.4 is 10.9 Å². The molecule has 2 N–H and O–H groups in total. The van der Waals surface area contributed by atoms with Gasteiger partial charge < -0.3 is 10.4 Å². The fourth-order valence-electron chi connectivity index (χ4n) is 1.38. The number of carboxylic acids is 1. The second-order valence-corrected chi connectivity index (χ2v) is 3.86. The van der Waals surface area contributed by atoms with Gasteiger partial charge in [-0.3, -0.25) is 14.2 Å². The molecule has 0 aliphatic carbocycles. The minimum absolute atomic E-state index is 0.0600. The summed E-state index contributed by atoms with van der Waals surface area (Å²) in [5.74, 6) is -1.63. The van der Waals surface area contributed by atoms with Crippen molar-refractivity contribution < 1.29 is 14.7 Å². The van der Waals surface area contributed by atoms with Gasteiger partial charge in [0.1, 0.15) is 12.2 Å². The first-order chi connectivity index (χ1) is 7.91. The molecule has 92 valence electrons. The summed E-state index contributed by atoms with van der Waals surface area (Å²) in [5.41, 5.74) is -0.708. The van der Waals surface area contributed by atoms with Crippen LogP contribution in [0.25, 0.3) is 0 Å². The number of carbonyl (C=O) groups is 2. The zero-order valence-corrected chi connectivity index (χ0v) is 9.64. The number of carbonyl (C=O) groups excluding carboxylic acids is 1. The standard InChI is InChI=1S/C11H14N2O4/c1-7(2)12-9(14)6-13-8(11(16)17)4-3-5-10(13)15/h3-5,7H,6H2,1-2H3,(H,12,14)(H,16,17). The maximum atomic E-state index is 11.5. The molecule has 0 fully saturated rings. The van der Waals surface area contributed by atoms with E-state index in [0.717, 1.165) is 4.57 Å². The Morgan fingerprint density at radius 1 is 1.41 bits per heavy atom. The zero-order valence-electron chi connectivity index (χ0n) is 9.64. The summed E-state index contributed by atoms with van der Waals surface area (Å²) >= 11 is 0. The van der Waals surface area contributed by atoms with Gasteiger partial charge >= 0.3 is 5.97 Å². The number of nitrogens with one attached hydrogen (secondary N) is 1. The van der Waals surface area contributed by atoms with Crippen molar-refractivity contribution in [3.05, 3.63) is 34.2 Å². The minimum Gasteiger partial charge on any atom is -0.477 e. The van der Waals surface area contributed by atoms with Crippen LogP contribution in [0.2, 0.25) is 0 Å². The molecule has 1 amide bonds. The number of amides is 1. The maximum Gasteiger partial charge on any atom is 0.352 e. The normalized spacial score (nSPS) is 10.3. The molecule has 0 aliphatic rings. The van der Waals surface area contributed by atoms with Crippen LogP contribution in [0, 0.1) is 0 Å². The van der Waals surface area contributed by atoms with Crippen molar-refractivity contribution in [2.45, 2.75) is 26.4 Å². The van der Waals surface area contributed by atoms with Crippen molar-refractivity contribution in [1.29, 1.82) is 0 Å². The van der Waals surface area contributed by atoms with Crippen LogP contribution in [0.3, 0.4) is 0 Å². The number of aromatic carboxylic acids is 1. The smallest absolute Gasteiger partial charge is 0.352 e. The molecule has 6 heteroatoms. The first kappa shape index (κ1) is 13.0. The van der Waals surface area contributed by atoms with E-state index in [2.05, 4.69) is 5.32 Å². The van der Waals surface area contributed by atoms with Gasteiger partial charge in [-0.05, 0) is 19.9 Å². The summed E-state index contributed by atoms with van der Waals surface area (Å²) in [6.45, 7) is 3.27. The third-order valence-electron chi connectivity index (χ3n) is 2.02. The van der Waals surface area contributed by atoms with Gasteiger partial charge in [-0.2, -0.15) is 0 Å². The highest BCUT2D eigenvalue weighted by atomic mass is 16.4. The Morgan fingerprint density at radius 2 is 2.06 bits per heavy atom. The molecule has 0 bridgehead atoms. The van der Waals surface area contributed by atoms with Crippen LogP contribution in [0.15, 0.2) is 23.0 Å². The van der Waals surface area contributed by atoms with Crippen molar-refractivity contribution in [2.75, 3.05) is 0 Å². The highest BCUT2D eigenvalue weighted by molar-refractivity contribution is 5.86. The molecule has 0 aromatic carbocycles. The molecule has 0 aliphatic heterocycles. The molecule has 0 atom stereocenters. The molecular weight excluding hydrogens is 224 g/mol. The van der Waals surface area contributed by atoms with E-state index in [1.807, 2.05) is 0 Å². The van der Waals surface area contributed by atoms with Gasteiger partial charge in [-0.1, -0.05) is 6.07 Å². The highest BCUT2D eigenvalue weighted by Crippen LogP contribution is 1.96. The summed E-state index contributed by atoms with van der Waals surface area (Å²) in [4.78, 5) is 33.9. The predicted molar refractivity (Wildman–Crippen MR) is 60.9 cm³/mol.